The number of carbonyl (C=O) groups is 1. The van der Waals surface area contributed by atoms with Gasteiger partial charge in [0.25, 0.3) is 0 Å². The summed E-state index contributed by atoms with van der Waals surface area (Å²) in [4.78, 5) is 14.4. The highest BCUT2D eigenvalue weighted by molar-refractivity contribution is 5.81. The number of amides is 1. The number of nitrogens with zero attached hydrogens (tertiary/aromatic N) is 1. The molecule has 2 fully saturated rings. The van der Waals surface area contributed by atoms with Crippen LogP contribution >= 0.6 is 0 Å². The summed E-state index contributed by atoms with van der Waals surface area (Å²) in [5.74, 6) is 4.99. The van der Waals surface area contributed by atoms with Gasteiger partial charge in [0.05, 0.1) is 0 Å². The van der Waals surface area contributed by atoms with Crippen molar-refractivity contribution in [2.24, 2.45) is 41.4 Å². The Kier molecular flexibility index (Phi) is 3.06. The molecule has 21 heavy (non-hydrogen) atoms. The average molecular weight is 285 g/mol. The van der Waals surface area contributed by atoms with Crippen molar-refractivity contribution in [2.75, 3.05) is 7.05 Å². The quantitative estimate of drug-likeness (QED) is 0.619. The molecule has 4 aliphatic rings. The normalized spacial score (nSPS) is 48.5. The molecule has 0 spiro atoms. The molecule has 0 N–H and O–H groups in total. The van der Waals surface area contributed by atoms with Crippen LogP contribution in [-0.4, -0.2) is 17.9 Å². The lowest BCUT2D eigenvalue weighted by Gasteiger charge is -2.53. The Morgan fingerprint density at radius 1 is 1.10 bits per heavy atom. The Hall–Kier alpha value is -1.05. The summed E-state index contributed by atoms with van der Waals surface area (Å²) in [7, 11) is 1.99. The lowest BCUT2D eigenvalue weighted by molar-refractivity contribution is -0.140. The van der Waals surface area contributed by atoms with Gasteiger partial charge in [-0.25, -0.2) is 0 Å². The molecule has 2 nitrogen and oxygen atoms in total. The van der Waals surface area contributed by atoms with Gasteiger partial charge in [0, 0.05) is 24.6 Å². The summed E-state index contributed by atoms with van der Waals surface area (Å²) in [5.41, 5.74) is 1.34. The number of carbonyl (C=O) groups excluding carboxylic acids is 1. The van der Waals surface area contributed by atoms with E-state index in [0.29, 0.717) is 17.7 Å². The molecule has 0 aromatic rings. The highest BCUT2D eigenvalue weighted by Crippen LogP contribution is 2.55. The molecule has 1 amide bonds. The average Bonchev–Trinajstić information content (AvgIpc) is 2.98. The Balaban J connectivity index is 1.69. The van der Waals surface area contributed by atoms with Gasteiger partial charge in [0.1, 0.15) is 0 Å². The lowest BCUT2D eigenvalue weighted by atomic mass is 9.56. The summed E-state index contributed by atoms with van der Waals surface area (Å²) in [5, 5.41) is 0. The van der Waals surface area contributed by atoms with E-state index in [9.17, 15) is 4.79 Å². The molecular weight excluding hydrogens is 258 g/mol. The van der Waals surface area contributed by atoms with E-state index < -0.39 is 0 Å². The predicted molar refractivity (Wildman–Crippen MR) is 84.2 cm³/mol. The molecule has 0 radical (unpaired) electrons. The zero-order valence-electron chi connectivity index (χ0n) is 13.5. The molecule has 2 heteroatoms. The molecule has 1 saturated carbocycles. The maximum atomic E-state index is 12.4. The minimum absolute atomic E-state index is 0.176. The molecule has 4 rings (SSSR count). The Morgan fingerprint density at radius 3 is 2.71 bits per heavy atom. The third-order valence-electron chi connectivity index (χ3n) is 7.14. The number of fused-ring (bicyclic) bond motifs is 5. The van der Waals surface area contributed by atoms with Crippen molar-refractivity contribution in [1.82, 2.24) is 4.90 Å². The van der Waals surface area contributed by atoms with Crippen molar-refractivity contribution >= 4 is 5.91 Å². The number of hydrogen-bond acceptors (Lipinski definition) is 1. The fourth-order valence-corrected chi connectivity index (χ4v) is 5.84. The number of hydrogen-bond donors (Lipinski definition) is 0. The van der Waals surface area contributed by atoms with Crippen LogP contribution in [0.3, 0.4) is 0 Å². The predicted octanol–water partition coefficient (Wildman–Crippen LogP) is 3.85. The minimum atomic E-state index is 0.176. The molecular formula is C19H27NO. The summed E-state index contributed by atoms with van der Waals surface area (Å²) in [6, 6.07) is 0. The van der Waals surface area contributed by atoms with E-state index in [2.05, 4.69) is 32.1 Å². The van der Waals surface area contributed by atoms with E-state index in [-0.39, 0.29) is 5.92 Å². The second-order valence-electron chi connectivity index (χ2n) is 7.83. The van der Waals surface area contributed by atoms with Gasteiger partial charge in [0.15, 0.2) is 0 Å². The van der Waals surface area contributed by atoms with Crippen LogP contribution in [-0.2, 0) is 4.79 Å². The first kappa shape index (κ1) is 13.6. The minimum Gasteiger partial charge on any atom is -0.319 e. The standard InChI is InChI=1S/C19H27NO/c1-11-12(2)19(21)20(3)17-10-9-15-14-6-4-5-13(14)7-8-16(15)18(11)17/h4-5,10-16,18H,6-9H2,1-3H3. The van der Waals surface area contributed by atoms with Crippen LogP contribution in [0.5, 0.6) is 0 Å². The summed E-state index contributed by atoms with van der Waals surface area (Å²) < 4.78 is 0. The van der Waals surface area contributed by atoms with E-state index in [1.807, 2.05) is 11.9 Å². The molecule has 1 saturated heterocycles. The van der Waals surface area contributed by atoms with Crippen LogP contribution in [0.4, 0.5) is 0 Å². The number of likely N-dealkylation sites (tertiary alicyclic amines) is 1. The number of piperidine rings is 1. The van der Waals surface area contributed by atoms with E-state index in [1.165, 1.54) is 31.4 Å². The van der Waals surface area contributed by atoms with Gasteiger partial charge < -0.3 is 4.90 Å². The summed E-state index contributed by atoms with van der Waals surface area (Å²) >= 11 is 0. The van der Waals surface area contributed by atoms with E-state index in [0.717, 1.165) is 23.7 Å². The van der Waals surface area contributed by atoms with Gasteiger partial charge in [-0.05, 0) is 55.3 Å². The Bertz CT molecular complexity index is 520. The van der Waals surface area contributed by atoms with Crippen molar-refractivity contribution < 1.29 is 4.79 Å². The van der Waals surface area contributed by atoms with Gasteiger partial charge >= 0.3 is 0 Å². The smallest absolute Gasteiger partial charge is 0.229 e. The van der Waals surface area contributed by atoms with Crippen molar-refractivity contribution in [2.45, 2.75) is 39.5 Å². The van der Waals surface area contributed by atoms with Crippen LogP contribution < -0.4 is 0 Å². The fraction of sp³-hybridized carbons (Fsp3) is 0.737. The molecule has 3 aliphatic carbocycles. The second kappa shape index (κ2) is 4.72. The molecule has 0 aromatic carbocycles. The number of rotatable bonds is 0. The first-order valence-electron chi connectivity index (χ1n) is 8.74. The van der Waals surface area contributed by atoms with Gasteiger partial charge in [-0.3, -0.25) is 4.79 Å². The SMILES string of the molecule is CC1C(=O)N(C)C2=CCC3C4CC=CC4CCC3C2C1C. The van der Waals surface area contributed by atoms with Crippen molar-refractivity contribution in [3.05, 3.63) is 23.9 Å². The van der Waals surface area contributed by atoms with Crippen molar-refractivity contribution in [3.8, 4) is 0 Å². The van der Waals surface area contributed by atoms with E-state index in [1.54, 1.807) is 0 Å². The summed E-state index contributed by atoms with van der Waals surface area (Å²) in [6.07, 6.45) is 12.5. The molecule has 0 aromatic heterocycles. The van der Waals surface area contributed by atoms with E-state index >= 15 is 0 Å². The van der Waals surface area contributed by atoms with Gasteiger partial charge in [-0.2, -0.15) is 0 Å². The monoisotopic (exact) mass is 285 g/mol. The zero-order chi connectivity index (χ0) is 14.7. The second-order valence-corrected chi connectivity index (χ2v) is 7.83. The Labute approximate surface area is 128 Å². The zero-order valence-corrected chi connectivity index (χ0v) is 13.5. The van der Waals surface area contributed by atoms with Crippen LogP contribution in [0.1, 0.15) is 39.5 Å². The fourth-order valence-electron chi connectivity index (χ4n) is 5.84. The van der Waals surface area contributed by atoms with Gasteiger partial charge in [-0.1, -0.05) is 32.1 Å². The largest absolute Gasteiger partial charge is 0.319 e. The molecule has 7 unspecified atom stereocenters. The van der Waals surface area contributed by atoms with Gasteiger partial charge in [-0.15, -0.1) is 0 Å². The van der Waals surface area contributed by atoms with Gasteiger partial charge in [0.2, 0.25) is 5.91 Å². The lowest BCUT2D eigenvalue weighted by Crippen LogP contribution is -2.52. The topological polar surface area (TPSA) is 20.3 Å². The maximum Gasteiger partial charge on any atom is 0.229 e. The molecule has 1 aliphatic heterocycles. The van der Waals surface area contributed by atoms with Crippen LogP contribution in [0.15, 0.2) is 23.9 Å². The van der Waals surface area contributed by atoms with Crippen LogP contribution in [0.2, 0.25) is 0 Å². The van der Waals surface area contributed by atoms with Crippen molar-refractivity contribution in [3.63, 3.8) is 0 Å². The summed E-state index contributed by atoms with van der Waals surface area (Å²) in [6.45, 7) is 4.45. The first-order chi connectivity index (χ1) is 10.1. The number of allylic oxidation sites excluding steroid dienone is 4. The van der Waals surface area contributed by atoms with Crippen molar-refractivity contribution in [1.29, 1.82) is 0 Å². The first-order valence-corrected chi connectivity index (χ1v) is 8.74. The van der Waals surface area contributed by atoms with E-state index in [4.69, 9.17) is 0 Å². The maximum absolute atomic E-state index is 12.4. The third kappa shape index (κ3) is 1.80. The molecule has 0 bridgehead atoms. The third-order valence-corrected chi connectivity index (χ3v) is 7.14. The highest BCUT2D eigenvalue weighted by atomic mass is 16.2. The Morgan fingerprint density at radius 2 is 1.90 bits per heavy atom. The molecule has 114 valence electrons. The highest BCUT2D eigenvalue weighted by Gasteiger charge is 2.51. The molecule has 1 heterocycles. The molecule has 7 atom stereocenters. The van der Waals surface area contributed by atoms with Crippen LogP contribution in [0.25, 0.3) is 0 Å². The van der Waals surface area contributed by atoms with Crippen LogP contribution in [0, 0.1) is 41.4 Å².